The van der Waals surface area contributed by atoms with Gasteiger partial charge in [0.05, 0.1) is 26.4 Å². The van der Waals surface area contributed by atoms with Gasteiger partial charge in [0.2, 0.25) is 0 Å². The van der Waals surface area contributed by atoms with Crippen LogP contribution in [0.3, 0.4) is 0 Å². The molecule has 3 heterocycles. The lowest BCUT2D eigenvalue weighted by Crippen LogP contribution is -2.35. The van der Waals surface area contributed by atoms with Gasteiger partial charge in [-0.25, -0.2) is 15.0 Å². The van der Waals surface area contributed by atoms with E-state index in [0.29, 0.717) is 62.3 Å². The second-order valence-electron chi connectivity index (χ2n) is 9.36. The number of rotatable bonds is 8. The van der Waals surface area contributed by atoms with Crippen LogP contribution in [0.15, 0.2) is 64.6 Å². The quantitative estimate of drug-likeness (QED) is 0.442. The molecule has 3 aromatic rings. The number of hydrogen-bond acceptors (Lipinski definition) is 9. The van der Waals surface area contributed by atoms with E-state index in [1.165, 1.54) is 0 Å². The molecule has 0 saturated carbocycles. The molecule has 0 atom stereocenters. The fourth-order valence-corrected chi connectivity index (χ4v) is 4.51. The highest BCUT2D eigenvalue weighted by atomic mass is 16.5. The highest BCUT2D eigenvalue weighted by Gasteiger charge is 2.15. The molecule has 0 bridgehead atoms. The molecule has 2 aromatic carbocycles. The Morgan fingerprint density at radius 3 is 1.53 bits per heavy atom. The Balaban J connectivity index is 1.26. The minimum absolute atomic E-state index is 0.226. The van der Waals surface area contributed by atoms with Crippen molar-refractivity contribution >= 4 is 24.1 Å². The fraction of sp³-hybridized carbons (Fsp3) is 0.345. The molecule has 2 N–H and O–H groups in total. The van der Waals surface area contributed by atoms with E-state index in [1.54, 1.807) is 24.6 Å². The van der Waals surface area contributed by atoms with Crippen LogP contribution < -0.4 is 0 Å². The standard InChI is InChI=1S/C29H33N5O4/c35-28-22(4-1-6-24(28)20-33-10-14-37-15-11-33)18-30-26-8-3-9-27(32-26)31-19-23-5-2-7-25(29(23)36)21-34-12-16-38-17-13-34/h1-9,18-19,35-36H,10-17,20-21H2. The molecule has 1 aromatic heterocycles. The molecule has 2 saturated heterocycles. The lowest BCUT2D eigenvalue weighted by atomic mass is 10.1. The average Bonchev–Trinajstić information content (AvgIpc) is 2.95. The van der Waals surface area contributed by atoms with Crippen molar-refractivity contribution in [2.24, 2.45) is 9.98 Å². The first kappa shape index (κ1) is 26.0. The maximum Gasteiger partial charge on any atom is 0.154 e. The maximum absolute atomic E-state index is 10.8. The third-order valence-corrected chi connectivity index (χ3v) is 6.69. The van der Waals surface area contributed by atoms with Gasteiger partial charge in [0, 0.05) is 74.0 Å². The number of ether oxygens (including phenoxy) is 2. The molecule has 0 amide bonds. The summed E-state index contributed by atoms with van der Waals surface area (Å²) in [6.07, 6.45) is 3.24. The summed E-state index contributed by atoms with van der Waals surface area (Å²) >= 11 is 0. The Morgan fingerprint density at radius 1 is 0.658 bits per heavy atom. The van der Waals surface area contributed by atoms with Crippen LogP contribution >= 0.6 is 0 Å². The van der Waals surface area contributed by atoms with Crippen LogP contribution in [0.2, 0.25) is 0 Å². The molecular weight excluding hydrogens is 482 g/mol. The SMILES string of the molecule is Oc1c(C=Nc2cccc(N=Cc3cccc(CN4CCOCC4)c3O)n2)cccc1CN1CCOCC1. The predicted octanol–water partition coefficient (Wildman–Crippen LogP) is 3.66. The van der Waals surface area contributed by atoms with Crippen LogP contribution in [0.4, 0.5) is 11.6 Å². The molecule has 2 aliphatic heterocycles. The summed E-state index contributed by atoms with van der Waals surface area (Å²) < 4.78 is 10.8. The average molecular weight is 516 g/mol. The lowest BCUT2D eigenvalue weighted by Gasteiger charge is -2.26. The van der Waals surface area contributed by atoms with Gasteiger partial charge in [0.25, 0.3) is 0 Å². The Labute approximate surface area is 222 Å². The lowest BCUT2D eigenvalue weighted by molar-refractivity contribution is 0.0338. The number of aromatic hydroxyl groups is 2. The normalized spacial score (nSPS) is 17.5. The van der Waals surface area contributed by atoms with Crippen LogP contribution in [0.5, 0.6) is 11.5 Å². The second kappa shape index (κ2) is 12.7. The van der Waals surface area contributed by atoms with Gasteiger partial charge in [-0.2, -0.15) is 0 Å². The van der Waals surface area contributed by atoms with Crippen LogP contribution in [0, 0.1) is 0 Å². The van der Waals surface area contributed by atoms with Gasteiger partial charge in [-0.3, -0.25) is 9.80 Å². The molecule has 0 unspecified atom stereocenters. The summed E-state index contributed by atoms with van der Waals surface area (Å²) in [5, 5.41) is 21.6. The highest BCUT2D eigenvalue weighted by Crippen LogP contribution is 2.25. The van der Waals surface area contributed by atoms with Gasteiger partial charge in [-0.15, -0.1) is 0 Å². The first-order valence-electron chi connectivity index (χ1n) is 12.9. The van der Waals surface area contributed by atoms with Crippen LogP contribution in [-0.4, -0.2) is 90.0 Å². The van der Waals surface area contributed by atoms with Crippen molar-refractivity contribution in [3.05, 3.63) is 76.9 Å². The number of phenols is 2. The van der Waals surface area contributed by atoms with Crippen LogP contribution in [0.1, 0.15) is 22.3 Å². The van der Waals surface area contributed by atoms with E-state index in [4.69, 9.17) is 9.47 Å². The predicted molar refractivity (Wildman–Crippen MR) is 147 cm³/mol. The number of benzene rings is 2. The Bertz CT molecular complexity index is 1190. The number of phenolic OH excluding ortho intramolecular Hbond substituents is 2. The molecule has 38 heavy (non-hydrogen) atoms. The molecule has 2 aliphatic rings. The molecule has 0 spiro atoms. The highest BCUT2D eigenvalue weighted by molar-refractivity contribution is 5.86. The molecule has 9 heteroatoms. The van der Waals surface area contributed by atoms with E-state index in [0.717, 1.165) is 37.3 Å². The van der Waals surface area contributed by atoms with E-state index in [9.17, 15) is 10.2 Å². The van der Waals surface area contributed by atoms with Crippen molar-refractivity contribution in [1.82, 2.24) is 14.8 Å². The second-order valence-corrected chi connectivity index (χ2v) is 9.36. The van der Waals surface area contributed by atoms with Crippen molar-refractivity contribution in [2.75, 3.05) is 52.6 Å². The summed E-state index contributed by atoms with van der Waals surface area (Å²) in [5.41, 5.74) is 2.98. The number of pyridine rings is 1. The number of hydrogen-bond donors (Lipinski definition) is 2. The van der Waals surface area contributed by atoms with E-state index >= 15 is 0 Å². The zero-order chi connectivity index (χ0) is 26.2. The molecule has 0 aliphatic carbocycles. The topological polar surface area (TPSA) is 103 Å². The minimum atomic E-state index is 0.226. The monoisotopic (exact) mass is 515 g/mol. The van der Waals surface area contributed by atoms with Crippen molar-refractivity contribution < 1.29 is 19.7 Å². The summed E-state index contributed by atoms with van der Waals surface area (Å²) in [5.74, 6) is 1.40. The molecule has 5 rings (SSSR count). The van der Waals surface area contributed by atoms with Gasteiger partial charge in [0.1, 0.15) is 11.5 Å². The van der Waals surface area contributed by atoms with Gasteiger partial charge in [-0.1, -0.05) is 30.3 Å². The molecule has 9 nitrogen and oxygen atoms in total. The zero-order valence-electron chi connectivity index (χ0n) is 21.4. The van der Waals surface area contributed by atoms with E-state index in [1.807, 2.05) is 42.5 Å². The summed E-state index contributed by atoms with van der Waals surface area (Å²) in [6.45, 7) is 7.60. The number of aromatic nitrogens is 1. The van der Waals surface area contributed by atoms with Gasteiger partial charge < -0.3 is 19.7 Å². The number of morpholine rings is 2. The smallest absolute Gasteiger partial charge is 0.154 e. The Kier molecular flexibility index (Phi) is 8.72. The largest absolute Gasteiger partial charge is 0.507 e. The summed E-state index contributed by atoms with van der Waals surface area (Å²) in [7, 11) is 0. The summed E-state index contributed by atoms with van der Waals surface area (Å²) in [4.78, 5) is 18.0. The number of aliphatic imine (C=N–C) groups is 2. The van der Waals surface area contributed by atoms with Crippen molar-refractivity contribution in [3.63, 3.8) is 0 Å². The Hall–Kier alpha value is -3.63. The van der Waals surface area contributed by atoms with Crippen molar-refractivity contribution in [3.8, 4) is 11.5 Å². The molecule has 2 fully saturated rings. The van der Waals surface area contributed by atoms with Crippen molar-refractivity contribution in [1.29, 1.82) is 0 Å². The van der Waals surface area contributed by atoms with Gasteiger partial charge >= 0.3 is 0 Å². The van der Waals surface area contributed by atoms with Crippen molar-refractivity contribution in [2.45, 2.75) is 13.1 Å². The minimum Gasteiger partial charge on any atom is -0.507 e. The van der Waals surface area contributed by atoms with Crippen LogP contribution in [-0.2, 0) is 22.6 Å². The van der Waals surface area contributed by atoms with E-state index in [2.05, 4.69) is 24.8 Å². The van der Waals surface area contributed by atoms with Crippen LogP contribution in [0.25, 0.3) is 0 Å². The molecule has 198 valence electrons. The zero-order valence-corrected chi connectivity index (χ0v) is 21.4. The van der Waals surface area contributed by atoms with E-state index in [-0.39, 0.29) is 11.5 Å². The van der Waals surface area contributed by atoms with Gasteiger partial charge in [0.15, 0.2) is 11.6 Å². The fourth-order valence-electron chi connectivity index (χ4n) is 4.51. The summed E-state index contributed by atoms with van der Waals surface area (Å²) in [6, 6.07) is 16.8. The number of nitrogens with zero attached hydrogens (tertiary/aromatic N) is 5. The van der Waals surface area contributed by atoms with Gasteiger partial charge in [-0.05, 0) is 24.3 Å². The first-order chi connectivity index (χ1) is 18.7. The number of para-hydroxylation sites is 2. The Morgan fingerprint density at radius 2 is 1.08 bits per heavy atom. The third-order valence-electron chi connectivity index (χ3n) is 6.69. The van der Waals surface area contributed by atoms with E-state index < -0.39 is 0 Å². The third kappa shape index (κ3) is 6.81. The molecule has 0 radical (unpaired) electrons. The maximum atomic E-state index is 10.8. The molecular formula is C29H33N5O4. The first-order valence-corrected chi connectivity index (χ1v) is 12.9.